The van der Waals surface area contributed by atoms with Crippen LogP contribution in [-0.4, -0.2) is 42.6 Å². The molecule has 1 amide bonds. The molecule has 1 aromatic carbocycles. The molecule has 1 saturated carbocycles. The molecule has 3 heterocycles. The third kappa shape index (κ3) is 4.47. The van der Waals surface area contributed by atoms with Gasteiger partial charge >= 0.3 is 11.9 Å². The second-order valence-corrected chi connectivity index (χ2v) is 11.9. The number of sulfonamides is 1. The first-order chi connectivity index (χ1) is 17.5. The second kappa shape index (κ2) is 8.85. The number of alkyl halides is 2. The van der Waals surface area contributed by atoms with Crippen LogP contribution >= 0.6 is 11.3 Å². The Morgan fingerprint density at radius 3 is 2.78 bits per heavy atom. The van der Waals surface area contributed by atoms with Crippen molar-refractivity contribution in [2.75, 3.05) is 11.4 Å². The van der Waals surface area contributed by atoms with Crippen molar-refractivity contribution in [1.29, 1.82) is 0 Å². The quantitative estimate of drug-likeness (QED) is 0.385. The maximum atomic E-state index is 13.8. The highest BCUT2D eigenvalue weighted by atomic mass is 32.2. The fraction of sp³-hybridized carbons (Fsp3) is 0.292. The lowest BCUT2D eigenvalue weighted by atomic mass is 10.1. The average Bonchev–Trinajstić information content (AvgIpc) is 3.31. The van der Waals surface area contributed by atoms with Gasteiger partial charge < -0.3 is 14.5 Å². The van der Waals surface area contributed by atoms with E-state index in [-0.39, 0.29) is 27.1 Å². The Morgan fingerprint density at radius 1 is 1.32 bits per heavy atom. The number of nitrogens with zero attached hydrogens (tertiary/aromatic N) is 2. The van der Waals surface area contributed by atoms with E-state index >= 15 is 0 Å². The highest BCUT2D eigenvalue weighted by Crippen LogP contribution is 2.53. The summed E-state index contributed by atoms with van der Waals surface area (Å²) in [6, 6.07) is 10.5. The summed E-state index contributed by atoms with van der Waals surface area (Å²) < 4.78 is 60.6. The minimum Gasteiger partial charge on any atom is -0.480 e. The number of aromatic nitrogens is 1. The van der Waals surface area contributed by atoms with Crippen molar-refractivity contribution in [3.63, 3.8) is 0 Å². The topological polar surface area (TPSA) is 130 Å². The van der Waals surface area contributed by atoms with Gasteiger partial charge in [-0.1, -0.05) is 23.9 Å². The fourth-order valence-corrected chi connectivity index (χ4v) is 7.09. The van der Waals surface area contributed by atoms with Crippen molar-refractivity contribution in [1.82, 2.24) is 9.88 Å². The van der Waals surface area contributed by atoms with E-state index in [1.54, 1.807) is 29.2 Å². The third-order valence-electron chi connectivity index (χ3n) is 6.51. The summed E-state index contributed by atoms with van der Waals surface area (Å²) in [5.41, 5.74) is -0.504. The Hall–Kier alpha value is -3.42. The van der Waals surface area contributed by atoms with Gasteiger partial charge in [0.05, 0.1) is 4.88 Å². The summed E-state index contributed by atoms with van der Waals surface area (Å²) in [5, 5.41) is 13.5. The van der Waals surface area contributed by atoms with Gasteiger partial charge in [-0.15, -0.1) is 11.3 Å². The fourth-order valence-electron chi connectivity index (χ4n) is 4.43. The Kier molecular flexibility index (Phi) is 6.04. The molecule has 2 aliphatic rings. The summed E-state index contributed by atoms with van der Waals surface area (Å²) in [6.45, 7) is 3.62. The molecule has 1 aliphatic carbocycles. The first-order valence-corrected chi connectivity index (χ1v) is 13.5. The molecule has 194 valence electrons. The molecule has 2 atom stereocenters. The number of benzene rings is 1. The van der Waals surface area contributed by atoms with Gasteiger partial charge in [0.1, 0.15) is 15.4 Å². The summed E-state index contributed by atoms with van der Waals surface area (Å²) in [6.07, 6.45) is 1.62. The predicted molar refractivity (Wildman–Crippen MR) is 130 cm³/mol. The van der Waals surface area contributed by atoms with Gasteiger partial charge in [-0.25, -0.2) is 8.42 Å². The van der Waals surface area contributed by atoms with Gasteiger partial charge in [0, 0.05) is 30.6 Å². The predicted octanol–water partition coefficient (Wildman–Crippen LogP) is 4.10. The Bertz CT molecular complexity index is 1520. The number of allylic oxidation sites excluding steroid dienone is 1. The zero-order chi connectivity index (χ0) is 26.6. The van der Waals surface area contributed by atoms with Gasteiger partial charge in [0.15, 0.2) is 0 Å². The molecule has 9 nitrogen and oxygen atoms in total. The molecular weight excluding hydrogens is 528 g/mol. The molecule has 2 aromatic heterocycles. The molecule has 1 aliphatic heterocycles. The number of thiophene rings is 1. The van der Waals surface area contributed by atoms with Crippen molar-refractivity contribution < 1.29 is 36.4 Å². The van der Waals surface area contributed by atoms with Crippen molar-refractivity contribution in [3.05, 3.63) is 66.4 Å². The molecule has 5 rings (SSSR count). The molecule has 13 heteroatoms. The molecule has 0 radical (unpaired) electrons. The van der Waals surface area contributed by atoms with Crippen LogP contribution in [0.4, 0.5) is 14.5 Å². The van der Waals surface area contributed by atoms with Crippen LogP contribution in [0.25, 0.3) is 10.6 Å². The molecule has 1 saturated heterocycles. The standard InChI is InChI=1S/C24H21F2N3O6S2/c1-2-24(25,26)19-12-17(27-35-19)18-8-9-21(36-18)37(33,34)28-23(22(31)32)13-16(23)14-5-3-6-15(11-14)29-10-4-7-20(29)30/h2-3,5-6,8-9,11-12,16,28H,1,4,7,10,13H2,(H,31,32). The molecular formula is C24H21F2N3O6S2. The largest absolute Gasteiger partial charge is 0.480 e. The van der Waals surface area contributed by atoms with Crippen LogP contribution in [0.3, 0.4) is 0 Å². The SMILES string of the molecule is C=CC(F)(F)c1cc(-c2ccc(S(=O)(=O)NC3(C(=O)O)CC3c3cccc(N4CCCC4=O)c3)s2)no1. The molecule has 2 fully saturated rings. The van der Waals surface area contributed by atoms with Crippen molar-refractivity contribution >= 4 is 38.9 Å². The normalized spacial score (nSPS) is 21.8. The number of aliphatic carboxylic acids is 1. The highest BCUT2D eigenvalue weighted by molar-refractivity contribution is 7.91. The molecule has 2 unspecified atom stereocenters. The Labute approximate surface area is 214 Å². The van der Waals surface area contributed by atoms with E-state index in [4.69, 9.17) is 0 Å². The first kappa shape index (κ1) is 25.2. The van der Waals surface area contributed by atoms with Crippen molar-refractivity contribution in [2.24, 2.45) is 0 Å². The highest BCUT2D eigenvalue weighted by Gasteiger charge is 2.63. The van der Waals surface area contributed by atoms with Crippen LogP contribution in [-0.2, 0) is 25.5 Å². The maximum absolute atomic E-state index is 13.8. The van der Waals surface area contributed by atoms with E-state index < -0.39 is 39.1 Å². The number of carbonyl (C=O) groups excluding carboxylic acids is 1. The lowest BCUT2D eigenvalue weighted by molar-refractivity contribution is -0.140. The summed E-state index contributed by atoms with van der Waals surface area (Å²) in [7, 11) is -4.29. The van der Waals surface area contributed by atoms with E-state index in [0.717, 1.165) is 23.8 Å². The average molecular weight is 550 g/mol. The number of hydrogen-bond acceptors (Lipinski definition) is 7. The molecule has 2 N–H and O–H groups in total. The van der Waals surface area contributed by atoms with Crippen molar-refractivity contribution in [3.8, 4) is 10.6 Å². The van der Waals surface area contributed by atoms with E-state index in [1.807, 2.05) is 0 Å². The number of anilines is 1. The van der Waals surface area contributed by atoms with E-state index in [0.29, 0.717) is 30.3 Å². The number of carboxylic acid groups (broad SMARTS) is 1. The van der Waals surface area contributed by atoms with Gasteiger partial charge in [-0.3, -0.25) is 9.59 Å². The van der Waals surface area contributed by atoms with Gasteiger partial charge in [-0.2, -0.15) is 13.5 Å². The Balaban J connectivity index is 1.38. The molecule has 3 aromatic rings. The van der Waals surface area contributed by atoms with E-state index in [2.05, 4.69) is 21.0 Å². The first-order valence-electron chi connectivity index (χ1n) is 11.2. The van der Waals surface area contributed by atoms with Gasteiger partial charge in [-0.05, 0) is 48.7 Å². The zero-order valence-electron chi connectivity index (χ0n) is 19.2. The number of halogens is 2. The summed E-state index contributed by atoms with van der Waals surface area (Å²) in [4.78, 5) is 26.2. The Morgan fingerprint density at radius 2 is 2.11 bits per heavy atom. The molecule has 0 bridgehead atoms. The number of amides is 1. The number of carbonyl (C=O) groups is 2. The number of carboxylic acids is 1. The third-order valence-corrected chi connectivity index (χ3v) is 9.62. The second-order valence-electron chi connectivity index (χ2n) is 8.90. The zero-order valence-corrected chi connectivity index (χ0v) is 20.8. The van der Waals surface area contributed by atoms with Crippen LogP contribution in [0.5, 0.6) is 0 Å². The van der Waals surface area contributed by atoms with Crippen molar-refractivity contribution in [2.45, 2.75) is 40.9 Å². The number of hydrogen-bond donors (Lipinski definition) is 2. The lowest BCUT2D eigenvalue weighted by Crippen LogP contribution is -2.44. The summed E-state index contributed by atoms with van der Waals surface area (Å²) in [5.74, 6) is -6.16. The maximum Gasteiger partial charge on any atom is 0.325 e. The minimum absolute atomic E-state index is 0.00787. The van der Waals surface area contributed by atoms with Crippen LogP contribution in [0, 0.1) is 0 Å². The summed E-state index contributed by atoms with van der Waals surface area (Å²) >= 11 is 0.740. The van der Waals surface area contributed by atoms with Crippen LogP contribution in [0.15, 0.2) is 63.9 Å². The van der Waals surface area contributed by atoms with Gasteiger partial charge in [0.25, 0.3) is 10.0 Å². The minimum atomic E-state index is -4.29. The van der Waals surface area contributed by atoms with Gasteiger partial charge in [0.2, 0.25) is 11.7 Å². The molecule has 0 spiro atoms. The van der Waals surface area contributed by atoms with E-state index in [9.17, 15) is 31.9 Å². The molecule has 37 heavy (non-hydrogen) atoms. The van der Waals surface area contributed by atoms with E-state index in [1.165, 1.54) is 12.1 Å². The lowest BCUT2D eigenvalue weighted by Gasteiger charge is -2.18. The number of rotatable bonds is 9. The van der Waals surface area contributed by atoms with Crippen LogP contribution in [0.2, 0.25) is 0 Å². The smallest absolute Gasteiger partial charge is 0.325 e. The van der Waals surface area contributed by atoms with Crippen LogP contribution < -0.4 is 9.62 Å². The monoisotopic (exact) mass is 549 g/mol. The number of nitrogens with one attached hydrogen (secondary N) is 1. The van der Waals surface area contributed by atoms with Crippen LogP contribution in [0.1, 0.15) is 36.5 Å².